The van der Waals surface area contributed by atoms with Crippen LogP contribution in [0.2, 0.25) is 5.02 Å². The number of carboxylic acids is 1. The number of carbonyl (C=O) groups is 1. The van der Waals surface area contributed by atoms with Gasteiger partial charge in [0.05, 0.1) is 0 Å². The highest BCUT2D eigenvalue weighted by molar-refractivity contribution is 6.30. The first-order valence-electron chi connectivity index (χ1n) is 10.9. The van der Waals surface area contributed by atoms with Crippen molar-refractivity contribution in [3.05, 3.63) is 106 Å². The standard InChI is InChI=1S/C27H27ClN2O2/c1-19(11-12-20-7-3-2-4-8-20)29-17-24-23-9-5-6-10-25(23)30(26(24)27(31)32)18-21-13-15-22(28)16-14-21/h2-10,13-16,19,29H,11-12,17-18H2,1H3,(H,31,32)/t19-/m0/s1. The average molecular weight is 447 g/mol. The first-order valence-corrected chi connectivity index (χ1v) is 11.3. The second kappa shape index (κ2) is 10.0. The van der Waals surface area contributed by atoms with E-state index >= 15 is 0 Å². The van der Waals surface area contributed by atoms with Crippen molar-refractivity contribution >= 4 is 28.5 Å². The average Bonchev–Trinajstić information content (AvgIpc) is 3.12. The lowest BCUT2D eigenvalue weighted by Crippen LogP contribution is -2.27. The van der Waals surface area contributed by atoms with E-state index in [1.165, 1.54) is 5.56 Å². The van der Waals surface area contributed by atoms with Crippen molar-refractivity contribution in [2.24, 2.45) is 0 Å². The quantitative estimate of drug-likeness (QED) is 0.324. The zero-order valence-electron chi connectivity index (χ0n) is 18.1. The van der Waals surface area contributed by atoms with Crippen LogP contribution in [0.25, 0.3) is 10.9 Å². The normalized spacial score (nSPS) is 12.2. The molecule has 0 spiro atoms. The molecule has 164 valence electrons. The minimum Gasteiger partial charge on any atom is -0.477 e. The molecule has 1 aromatic heterocycles. The SMILES string of the molecule is C[C@@H](CCc1ccccc1)NCc1c(C(=O)O)n(Cc2ccc(Cl)cc2)c2ccccc12. The van der Waals surface area contributed by atoms with Gasteiger partial charge < -0.3 is 15.0 Å². The second-order valence-electron chi connectivity index (χ2n) is 8.17. The van der Waals surface area contributed by atoms with E-state index in [1.807, 2.05) is 59.2 Å². The molecule has 4 rings (SSSR count). The van der Waals surface area contributed by atoms with Gasteiger partial charge in [-0.1, -0.05) is 72.3 Å². The van der Waals surface area contributed by atoms with Gasteiger partial charge >= 0.3 is 5.97 Å². The zero-order chi connectivity index (χ0) is 22.5. The third kappa shape index (κ3) is 5.04. The number of aromatic carboxylic acids is 1. The molecule has 0 radical (unpaired) electrons. The summed E-state index contributed by atoms with van der Waals surface area (Å²) in [5.74, 6) is -0.913. The largest absolute Gasteiger partial charge is 0.477 e. The van der Waals surface area contributed by atoms with Gasteiger partial charge in [-0.25, -0.2) is 4.79 Å². The van der Waals surface area contributed by atoms with E-state index in [1.54, 1.807) is 0 Å². The van der Waals surface area contributed by atoms with Crippen LogP contribution in [-0.2, 0) is 19.5 Å². The Morgan fingerprint density at radius 2 is 1.66 bits per heavy atom. The van der Waals surface area contributed by atoms with Gasteiger partial charge in [-0.2, -0.15) is 0 Å². The Morgan fingerprint density at radius 1 is 0.969 bits per heavy atom. The summed E-state index contributed by atoms with van der Waals surface area (Å²) in [6.45, 7) is 3.13. The number of fused-ring (bicyclic) bond motifs is 1. The second-order valence-corrected chi connectivity index (χ2v) is 8.60. The number of hydrogen-bond donors (Lipinski definition) is 2. The molecular formula is C27H27ClN2O2. The van der Waals surface area contributed by atoms with Crippen LogP contribution in [0.5, 0.6) is 0 Å². The number of rotatable bonds is 9. The molecule has 5 heteroatoms. The fraction of sp³-hybridized carbons (Fsp3) is 0.222. The number of aryl methyl sites for hydroxylation is 1. The molecule has 4 aromatic rings. The highest BCUT2D eigenvalue weighted by atomic mass is 35.5. The molecule has 0 saturated carbocycles. The van der Waals surface area contributed by atoms with Gasteiger partial charge in [0.15, 0.2) is 0 Å². The number of halogens is 1. The minimum atomic E-state index is -0.913. The molecule has 0 aliphatic heterocycles. The molecular weight excluding hydrogens is 420 g/mol. The van der Waals surface area contributed by atoms with E-state index in [-0.39, 0.29) is 6.04 Å². The van der Waals surface area contributed by atoms with Gasteiger partial charge in [-0.3, -0.25) is 0 Å². The number of nitrogens with one attached hydrogen (secondary N) is 1. The van der Waals surface area contributed by atoms with Crippen molar-refractivity contribution < 1.29 is 9.90 Å². The highest BCUT2D eigenvalue weighted by Crippen LogP contribution is 2.28. The summed E-state index contributed by atoms with van der Waals surface area (Å²) < 4.78 is 1.90. The first-order chi connectivity index (χ1) is 15.5. The van der Waals surface area contributed by atoms with Gasteiger partial charge in [0.1, 0.15) is 5.69 Å². The van der Waals surface area contributed by atoms with Gasteiger partial charge in [0.25, 0.3) is 0 Å². The van der Waals surface area contributed by atoms with E-state index in [0.29, 0.717) is 23.8 Å². The molecule has 2 N–H and O–H groups in total. The van der Waals surface area contributed by atoms with Crippen LogP contribution in [0.1, 0.15) is 40.5 Å². The summed E-state index contributed by atoms with van der Waals surface area (Å²) in [4.78, 5) is 12.3. The van der Waals surface area contributed by atoms with E-state index in [0.717, 1.165) is 34.9 Å². The maximum atomic E-state index is 12.3. The lowest BCUT2D eigenvalue weighted by molar-refractivity contribution is 0.0684. The van der Waals surface area contributed by atoms with Crippen LogP contribution in [0.3, 0.4) is 0 Å². The van der Waals surface area contributed by atoms with Crippen LogP contribution in [0.4, 0.5) is 0 Å². The Bertz CT molecular complexity index is 1200. The van der Waals surface area contributed by atoms with Gasteiger partial charge in [0.2, 0.25) is 0 Å². The van der Waals surface area contributed by atoms with Crippen LogP contribution >= 0.6 is 11.6 Å². The van der Waals surface area contributed by atoms with Crippen molar-refractivity contribution in [2.75, 3.05) is 0 Å². The number of hydrogen-bond acceptors (Lipinski definition) is 2. The van der Waals surface area contributed by atoms with Crippen molar-refractivity contribution in [3.63, 3.8) is 0 Å². The first kappa shape index (κ1) is 22.1. The predicted octanol–water partition coefficient (Wildman–Crippen LogP) is 6.15. The minimum absolute atomic E-state index is 0.259. The molecule has 0 saturated heterocycles. The molecule has 0 amide bonds. The van der Waals surface area contributed by atoms with Gasteiger partial charge in [-0.15, -0.1) is 0 Å². The lowest BCUT2D eigenvalue weighted by Gasteiger charge is -2.15. The molecule has 0 fully saturated rings. The summed E-state index contributed by atoms with van der Waals surface area (Å²) in [5, 5.41) is 15.3. The van der Waals surface area contributed by atoms with Crippen molar-refractivity contribution in [3.8, 4) is 0 Å². The maximum Gasteiger partial charge on any atom is 0.352 e. The zero-order valence-corrected chi connectivity index (χ0v) is 18.8. The Hall–Kier alpha value is -3.08. The lowest BCUT2D eigenvalue weighted by atomic mass is 10.1. The Morgan fingerprint density at radius 3 is 2.38 bits per heavy atom. The molecule has 0 aliphatic carbocycles. The Balaban J connectivity index is 1.58. The van der Waals surface area contributed by atoms with Crippen LogP contribution in [0, 0.1) is 0 Å². The van der Waals surface area contributed by atoms with E-state index in [4.69, 9.17) is 11.6 Å². The summed E-state index contributed by atoms with van der Waals surface area (Å²) in [7, 11) is 0. The van der Waals surface area contributed by atoms with E-state index in [2.05, 4.69) is 36.5 Å². The number of aromatic nitrogens is 1. The van der Waals surface area contributed by atoms with E-state index in [9.17, 15) is 9.90 Å². The van der Waals surface area contributed by atoms with Crippen molar-refractivity contribution in [1.82, 2.24) is 9.88 Å². The number of carboxylic acid groups (broad SMARTS) is 1. The van der Waals surface area contributed by atoms with E-state index < -0.39 is 5.97 Å². The number of benzene rings is 3. The highest BCUT2D eigenvalue weighted by Gasteiger charge is 2.22. The molecule has 1 heterocycles. The monoisotopic (exact) mass is 446 g/mol. The van der Waals surface area contributed by atoms with Crippen molar-refractivity contribution in [2.45, 2.75) is 38.9 Å². The maximum absolute atomic E-state index is 12.3. The molecule has 4 nitrogen and oxygen atoms in total. The third-order valence-electron chi connectivity index (χ3n) is 5.87. The fourth-order valence-corrected chi connectivity index (χ4v) is 4.27. The molecule has 32 heavy (non-hydrogen) atoms. The fourth-order valence-electron chi connectivity index (χ4n) is 4.14. The van der Waals surface area contributed by atoms with Crippen LogP contribution in [-0.4, -0.2) is 21.7 Å². The van der Waals surface area contributed by atoms with Crippen molar-refractivity contribution in [1.29, 1.82) is 0 Å². The van der Waals surface area contributed by atoms with Gasteiger partial charge in [-0.05, 0) is 49.1 Å². The number of para-hydroxylation sites is 1. The molecule has 0 aliphatic rings. The summed E-state index contributed by atoms with van der Waals surface area (Å²) >= 11 is 6.02. The van der Waals surface area contributed by atoms with Gasteiger partial charge in [0, 0.05) is 40.6 Å². The molecule has 0 bridgehead atoms. The Labute approximate surface area is 193 Å². The molecule has 3 aromatic carbocycles. The predicted molar refractivity (Wildman–Crippen MR) is 131 cm³/mol. The summed E-state index contributed by atoms with van der Waals surface area (Å²) in [6, 6.07) is 26.1. The molecule has 1 atom stereocenters. The molecule has 0 unspecified atom stereocenters. The topological polar surface area (TPSA) is 54.3 Å². The third-order valence-corrected chi connectivity index (χ3v) is 6.12. The summed E-state index contributed by atoms with van der Waals surface area (Å²) in [5.41, 5.74) is 4.41. The van der Waals surface area contributed by atoms with Crippen LogP contribution < -0.4 is 5.32 Å². The van der Waals surface area contributed by atoms with Crippen LogP contribution in [0.15, 0.2) is 78.9 Å². The number of nitrogens with zero attached hydrogens (tertiary/aromatic N) is 1. The Kier molecular flexibility index (Phi) is 6.93. The summed E-state index contributed by atoms with van der Waals surface area (Å²) in [6.07, 6.45) is 1.97. The smallest absolute Gasteiger partial charge is 0.352 e.